The summed E-state index contributed by atoms with van der Waals surface area (Å²) in [5.41, 5.74) is 2.27. The SMILES string of the molecule is CN(C)CCNc1nc2cc(Cl)ccc2c2nnc(-c3ccccc3Cl)n12. The van der Waals surface area contributed by atoms with Gasteiger partial charge in [-0.2, -0.15) is 0 Å². The highest BCUT2D eigenvalue weighted by atomic mass is 35.5. The Kier molecular flexibility index (Phi) is 4.86. The van der Waals surface area contributed by atoms with Gasteiger partial charge in [-0.05, 0) is 44.4 Å². The van der Waals surface area contributed by atoms with Crippen LogP contribution in [0.1, 0.15) is 0 Å². The van der Waals surface area contributed by atoms with E-state index in [1.807, 2.05) is 61.0 Å². The maximum atomic E-state index is 6.41. The smallest absolute Gasteiger partial charge is 0.211 e. The van der Waals surface area contributed by atoms with Gasteiger partial charge < -0.3 is 10.2 Å². The molecule has 0 radical (unpaired) electrons. The molecule has 2 aromatic carbocycles. The summed E-state index contributed by atoms with van der Waals surface area (Å²) < 4.78 is 1.91. The van der Waals surface area contributed by atoms with Crippen molar-refractivity contribution in [3.8, 4) is 11.4 Å². The van der Waals surface area contributed by atoms with E-state index in [2.05, 4.69) is 20.4 Å². The largest absolute Gasteiger partial charge is 0.354 e. The second-order valence-electron chi connectivity index (χ2n) is 6.49. The molecule has 0 atom stereocenters. The van der Waals surface area contributed by atoms with E-state index in [0.29, 0.717) is 27.5 Å². The highest BCUT2D eigenvalue weighted by molar-refractivity contribution is 6.33. The van der Waals surface area contributed by atoms with Crippen LogP contribution >= 0.6 is 23.2 Å². The Morgan fingerprint density at radius 3 is 2.67 bits per heavy atom. The Balaban J connectivity index is 1.95. The summed E-state index contributed by atoms with van der Waals surface area (Å²) in [6.45, 7) is 1.58. The van der Waals surface area contributed by atoms with E-state index in [4.69, 9.17) is 28.2 Å². The van der Waals surface area contributed by atoms with E-state index in [0.717, 1.165) is 29.6 Å². The first-order valence-electron chi connectivity index (χ1n) is 8.52. The first-order chi connectivity index (χ1) is 13.0. The molecule has 4 aromatic rings. The first kappa shape index (κ1) is 18.0. The molecular weight excluding hydrogens is 383 g/mol. The lowest BCUT2D eigenvalue weighted by Crippen LogP contribution is -2.22. The van der Waals surface area contributed by atoms with E-state index < -0.39 is 0 Å². The molecule has 2 heterocycles. The summed E-state index contributed by atoms with van der Waals surface area (Å²) in [7, 11) is 4.05. The summed E-state index contributed by atoms with van der Waals surface area (Å²) in [6.07, 6.45) is 0. The third-order valence-corrected chi connectivity index (χ3v) is 4.82. The fourth-order valence-electron chi connectivity index (χ4n) is 2.94. The molecule has 0 aliphatic carbocycles. The molecule has 0 bridgehead atoms. The zero-order valence-electron chi connectivity index (χ0n) is 14.9. The van der Waals surface area contributed by atoms with Gasteiger partial charge in [-0.15, -0.1) is 10.2 Å². The lowest BCUT2D eigenvalue weighted by atomic mass is 10.2. The van der Waals surface area contributed by atoms with Crippen LogP contribution in [0.15, 0.2) is 42.5 Å². The minimum atomic E-state index is 0.613. The number of hydrogen-bond donors (Lipinski definition) is 1. The molecule has 0 aliphatic rings. The van der Waals surface area contributed by atoms with E-state index in [-0.39, 0.29) is 0 Å². The summed E-state index contributed by atoms with van der Waals surface area (Å²) in [5.74, 6) is 1.30. The molecule has 0 aliphatic heterocycles. The molecule has 2 aromatic heterocycles. The van der Waals surface area contributed by atoms with Crippen LogP contribution in [-0.4, -0.2) is 51.7 Å². The highest BCUT2D eigenvalue weighted by Gasteiger charge is 2.18. The van der Waals surface area contributed by atoms with Crippen LogP contribution in [0.5, 0.6) is 0 Å². The topological polar surface area (TPSA) is 58.3 Å². The molecule has 0 saturated carbocycles. The van der Waals surface area contributed by atoms with Gasteiger partial charge in [0.05, 0.1) is 10.5 Å². The molecule has 0 fully saturated rings. The monoisotopic (exact) mass is 400 g/mol. The number of likely N-dealkylation sites (N-methyl/N-ethyl adjacent to an activating group) is 1. The Labute approximate surface area is 166 Å². The molecule has 0 spiro atoms. The van der Waals surface area contributed by atoms with Gasteiger partial charge in [-0.1, -0.05) is 35.3 Å². The van der Waals surface area contributed by atoms with Crippen molar-refractivity contribution < 1.29 is 0 Å². The number of hydrogen-bond acceptors (Lipinski definition) is 5. The van der Waals surface area contributed by atoms with E-state index >= 15 is 0 Å². The van der Waals surface area contributed by atoms with Gasteiger partial charge >= 0.3 is 0 Å². The minimum Gasteiger partial charge on any atom is -0.354 e. The normalized spacial score (nSPS) is 11.6. The van der Waals surface area contributed by atoms with E-state index in [1.54, 1.807) is 0 Å². The average Bonchev–Trinajstić information content (AvgIpc) is 3.06. The molecule has 6 nitrogen and oxygen atoms in total. The van der Waals surface area contributed by atoms with Gasteiger partial charge in [-0.3, -0.25) is 0 Å². The minimum absolute atomic E-state index is 0.613. The average molecular weight is 401 g/mol. The van der Waals surface area contributed by atoms with Crippen LogP contribution in [0.4, 0.5) is 5.95 Å². The standard InChI is InChI=1S/C19H18Cl2N6/c1-26(2)10-9-22-19-23-16-11-12(20)7-8-14(16)18-25-24-17(27(18)19)13-5-3-4-6-15(13)21/h3-8,11H,9-10H2,1-2H3,(H,22,23). The number of fused-ring (bicyclic) bond motifs is 3. The Morgan fingerprint density at radius 1 is 1.07 bits per heavy atom. The molecule has 138 valence electrons. The maximum absolute atomic E-state index is 6.41. The molecule has 4 rings (SSSR count). The molecule has 0 saturated heterocycles. The predicted molar refractivity (Wildman–Crippen MR) is 111 cm³/mol. The van der Waals surface area contributed by atoms with Crippen LogP contribution in [0.2, 0.25) is 10.0 Å². The van der Waals surface area contributed by atoms with Crippen LogP contribution in [0.3, 0.4) is 0 Å². The van der Waals surface area contributed by atoms with E-state index in [9.17, 15) is 0 Å². The number of nitrogens with one attached hydrogen (secondary N) is 1. The van der Waals surface area contributed by atoms with Crippen molar-refractivity contribution >= 4 is 45.7 Å². The maximum Gasteiger partial charge on any atom is 0.211 e. The third kappa shape index (κ3) is 3.43. The lowest BCUT2D eigenvalue weighted by molar-refractivity contribution is 0.425. The fourth-order valence-corrected chi connectivity index (χ4v) is 3.32. The van der Waals surface area contributed by atoms with Gasteiger partial charge in [0, 0.05) is 29.1 Å². The molecule has 8 heteroatoms. The molecular formula is C19H18Cl2N6. The summed E-state index contributed by atoms with van der Waals surface area (Å²) in [5, 5.41) is 14.3. The van der Waals surface area contributed by atoms with Crippen LogP contribution in [-0.2, 0) is 0 Å². The predicted octanol–water partition coefficient (Wildman–Crippen LogP) is 4.22. The van der Waals surface area contributed by atoms with Gasteiger partial charge in [0.15, 0.2) is 11.5 Å². The fraction of sp³-hybridized carbons (Fsp3) is 0.211. The third-order valence-electron chi connectivity index (χ3n) is 4.26. The number of benzene rings is 2. The Bertz CT molecular complexity index is 1120. The highest BCUT2D eigenvalue weighted by Crippen LogP contribution is 2.31. The van der Waals surface area contributed by atoms with Crippen LogP contribution in [0, 0.1) is 0 Å². The van der Waals surface area contributed by atoms with Crippen molar-refractivity contribution in [3.63, 3.8) is 0 Å². The zero-order chi connectivity index (χ0) is 19.0. The summed E-state index contributed by atoms with van der Waals surface area (Å²) in [6, 6.07) is 13.2. The quantitative estimate of drug-likeness (QED) is 0.543. The number of aromatic nitrogens is 4. The zero-order valence-corrected chi connectivity index (χ0v) is 16.5. The Hall–Kier alpha value is -2.41. The van der Waals surface area contributed by atoms with Crippen molar-refractivity contribution in [1.82, 2.24) is 24.5 Å². The van der Waals surface area contributed by atoms with Crippen molar-refractivity contribution in [2.24, 2.45) is 0 Å². The van der Waals surface area contributed by atoms with Crippen molar-refractivity contribution in [2.75, 3.05) is 32.5 Å². The van der Waals surface area contributed by atoms with Crippen molar-refractivity contribution in [2.45, 2.75) is 0 Å². The van der Waals surface area contributed by atoms with Crippen LogP contribution < -0.4 is 5.32 Å². The molecule has 1 N–H and O–H groups in total. The molecule has 27 heavy (non-hydrogen) atoms. The van der Waals surface area contributed by atoms with Crippen molar-refractivity contribution in [3.05, 3.63) is 52.5 Å². The number of halogens is 2. The van der Waals surface area contributed by atoms with Crippen molar-refractivity contribution in [1.29, 1.82) is 0 Å². The van der Waals surface area contributed by atoms with Gasteiger partial charge in [0.1, 0.15) is 0 Å². The summed E-state index contributed by atoms with van der Waals surface area (Å²) >= 11 is 12.6. The molecule has 0 amide bonds. The molecule has 0 unspecified atom stereocenters. The van der Waals surface area contributed by atoms with Gasteiger partial charge in [-0.25, -0.2) is 9.38 Å². The second-order valence-corrected chi connectivity index (χ2v) is 7.33. The number of rotatable bonds is 5. The van der Waals surface area contributed by atoms with Gasteiger partial charge in [0.25, 0.3) is 0 Å². The second kappa shape index (κ2) is 7.31. The van der Waals surface area contributed by atoms with Crippen LogP contribution in [0.25, 0.3) is 27.9 Å². The number of anilines is 1. The number of nitrogens with zero attached hydrogens (tertiary/aromatic N) is 5. The first-order valence-corrected chi connectivity index (χ1v) is 9.28. The van der Waals surface area contributed by atoms with E-state index in [1.165, 1.54) is 0 Å². The summed E-state index contributed by atoms with van der Waals surface area (Å²) in [4.78, 5) is 6.88. The van der Waals surface area contributed by atoms with Gasteiger partial charge in [0.2, 0.25) is 5.95 Å². The lowest BCUT2D eigenvalue weighted by Gasteiger charge is -2.14. The Morgan fingerprint density at radius 2 is 1.89 bits per heavy atom.